The molecule has 1 aromatic rings. The summed E-state index contributed by atoms with van der Waals surface area (Å²) in [5, 5.41) is 3.41. The fourth-order valence-corrected chi connectivity index (χ4v) is 2.43. The summed E-state index contributed by atoms with van der Waals surface area (Å²) >= 11 is 0. The molecule has 0 radical (unpaired) electrons. The largest absolute Gasteiger partial charge is 0.357 e. The smallest absolute Gasteiger partial charge is 0.129 e. The Balaban J connectivity index is 2.30. The number of nitrogens with zero attached hydrogens (tertiary/aromatic N) is 2. The maximum absolute atomic E-state index is 4.89. The molecule has 0 unspecified atom stereocenters. The lowest BCUT2D eigenvalue weighted by Gasteiger charge is -2.24. The van der Waals surface area contributed by atoms with E-state index in [0.717, 1.165) is 32.0 Å². The zero-order chi connectivity index (χ0) is 13.9. The van der Waals surface area contributed by atoms with Gasteiger partial charge in [-0.15, -0.1) is 0 Å². The van der Waals surface area contributed by atoms with Crippen molar-refractivity contribution in [2.24, 2.45) is 0 Å². The molecule has 19 heavy (non-hydrogen) atoms. The van der Waals surface area contributed by atoms with Crippen molar-refractivity contribution in [1.82, 2.24) is 10.3 Å². The van der Waals surface area contributed by atoms with Crippen LogP contribution in [0.3, 0.4) is 0 Å². The monoisotopic (exact) mass is 261 g/mol. The Morgan fingerprint density at radius 3 is 2.47 bits per heavy atom. The molecule has 1 N–H and O–H groups in total. The van der Waals surface area contributed by atoms with Gasteiger partial charge in [0.15, 0.2) is 0 Å². The molecule has 106 valence electrons. The zero-order valence-electron chi connectivity index (χ0n) is 12.8. The van der Waals surface area contributed by atoms with Crippen LogP contribution in [0.2, 0.25) is 0 Å². The lowest BCUT2D eigenvalue weighted by molar-refractivity contribution is 0.566. The van der Waals surface area contributed by atoms with Crippen LogP contribution in [-0.2, 0) is 12.0 Å². The average Bonchev–Trinajstić information content (AvgIpc) is 2.89. The molecule has 1 fully saturated rings. The summed E-state index contributed by atoms with van der Waals surface area (Å²) in [5.74, 6) is 1.16. The third kappa shape index (κ3) is 3.69. The SMILES string of the molecule is CCNCc1cc(N2CCCC2)nc(C(C)(C)C)c1. The van der Waals surface area contributed by atoms with Crippen LogP contribution in [0.25, 0.3) is 0 Å². The Morgan fingerprint density at radius 1 is 1.21 bits per heavy atom. The van der Waals surface area contributed by atoms with Gasteiger partial charge in [0, 0.05) is 30.7 Å². The van der Waals surface area contributed by atoms with Gasteiger partial charge < -0.3 is 10.2 Å². The van der Waals surface area contributed by atoms with E-state index >= 15 is 0 Å². The van der Waals surface area contributed by atoms with E-state index in [2.05, 4.69) is 50.0 Å². The van der Waals surface area contributed by atoms with Gasteiger partial charge in [-0.3, -0.25) is 0 Å². The summed E-state index contributed by atoms with van der Waals surface area (Å²) in [6.07, 6.45) is 2.59. The lowest BCUT2D eigenvalue weighted by Crippen LogP contribution is -2.23. The van der Waals surface area contributed by atoms with Gasteiger partial charge in [0.1, 0.15) is 5.82 Å². The minimum absolute atomic E-state index is 0.108. The number of hydrogen-bond acceptors (Lipinski definition) is 3. The first-order chi connectivity index (χ1) is 9.00. The third-order valence-corrected chi connectivity index (χ3v) is 3.65. The fourth-order valence-electron chi connectivity index (χ4n) is 2.43. The predicted octanol–water partition coefficient (Wildman–Crippen LogP) is 3.09. The normalized spacial score (nSPS) is 16.1. The molecule has 0 atom stereocenters. The summed E-state index contributed by atoms with van der Waals surface area (Å²) in [4.78, 5) is 7.31. The van der Waals surface area contributed by atoms with E-state index in [1.165, 1.54) is 24.1 Å². The van der Waals surface area contributed by atoms with Crippen LogP contribution >= 0.6 is 0 Å². The second kappa shape index (κ2) is 5.91. The molecule has 1 aromatic heterocycles. The van der Waals surface area contributed by atoms with Gasteiger partial charge in [0.05, 0.1) is 0 Å². The number of aromatic nitrogens is 1. The van der Waals surface area contributed by atoms with Crippen LogP contribution in [0.4, 0.5) is 5.82 Å². The topological polar surface area (TPSA) is 28.2 Å². The molecule has 3 heteroatoms. The second-order valence-corrected chi connectivity index (χ2v) is 6.44. The molecule has 0 spiro atoms. The maximum Gasteiger partial charge on any atom is 0.129 e. The molecule has 0 saturated carbocycles. The molecule has 1 aliphatic heterocycles. The van der Waals surface area contributed by atoms with Crippen molar-refractivity contribution < 1.29 is 0 Å². The molecule has 0 amide bonds. The van der Waals surface area contributed by atoms with Crippen molar-refractivity contribution in [2.45, 2.75) is 52.5 Å². The highest BCUT2D eigenvalue weighted by Crippen LogP contribution is 2.26. The first-order valence-electron chi connectivity index (χ1n) is 7.48. The molecule has 0 bridgehead atoms. The van der Waals surface area contributed by atoms with Gasteiger partial charge in [-0.25, -0.2) is 4.98 Å². The summed E-state index contributed by atoms with van der Waals surface area (Å²) in [7, 11) is 0. The molecular weight excluding hydrogens is 234 g/mol. The number of nitrogens with one attached hydrogen (secondary N) is 1. The number of anilines is 1. The van der Waals surface area contributed by atoms with Crippen molar-refractivity contribution in [3.8, 4) is 0 Å². The minimum Gasteiger partial charge on any atom is -0.357 e. The maximum atomic E-state index is 4.89. The van der Waals surface area contributed by atoms with E-state index in [9.17, 15) is 0 Å². The Labute approximate surface area is 117 Å². The van der Waals surface area contributed by atoms with Crippen molar-refractivity contribution >= 4 is 5.82 Å². The highest BCUT2D eigenvalue weighted by atomic mass is 15.2. The Kier molecular flexibility index (Phi) is 4.46. The molecule has 0 aliphatic carbocycles. The van der Waals surface area contributed by atoms with Crippen molar-refractivity contribution in [1.29, 1.82) is 0 Å². The van der Waals surface area contributed by atoms with Crippen LogP contribution in [0.1, 0.15) is 51.8 Å². The van der Waals surface area contributed by atoms with Crippen LogP contribution in [0.15, 0.2) is 12.1 Å². The summed E-state index contributed by atoms with van der Waals surface area (Å²) in [5.41, 5.74) is 2.66. The fraction of sp³-hybridized carbons (Fsp3) is 0.688. The van der Waals surface area contributed by atoms with Crippen LogP contribution in [0.5, 0.6) is 0 Å². The van der Waals surface area contributed by atoms with Crippen LogP contribution in [0, 0.1) is 0 Å². The summed E-state index contributed by atoms with van der Waals surface area (Å²) in [6, 6.07) is 4.51. The Morgan fingerprint density at radius 2 is 1.89 bits per heavy atom. The summed E-state index contributed by atoms with van der Waals surface area (Å²) < 4.78 is 0. The summed E-state index contributed by atoms with van der Waals surface area (Å²) in [6.45, 7) is 13.1. The molecule has 2 rings (SSSR count). The van der Waals surface area contributed by atoms with E-state index in [0.29, 0.717) is 0 Å². The Hall–Kier alpha value is -1.09. The molecule has 2 heterocycles. The molecule has 3 nitrogen and oxygen atoms in total. The zero-order valence-corrected chi connectivity index (χ0v) is 12.8. The standard InChI is InChI=1S/C16H27N3/c1-5-17-12-13-10-14(16(2,3)4)18-15(11-13)19-8-6-7-9-19/h10-11,17H,5-9,12H2,1-4H3. The van der Waals surface area contributed by atoms with E-state index in [1.807, 2.05) is 0 Å². The molecule has 1 aliphatic rings. The van der Waals surface area contributed by atoms with Crippen molar-refractivity contribution in [2.75, 3.05) is 24.5 Å². The van der Waals surface area contributed by atoms with Crippen molar-refractivity contribution in [3.63, 3.8) is 0 Å². The Bertz CT molecular complexity index is 414. The first kappa shape index (κ1) is 14.3. The van der Waals surface area contributed by atoms with Gasteiger partial charge in [0.25, 0.3) is 0 Å². The minimum atomic E-state index is 0.108. The third-order valence-electron chi connectivity index (χ3n) is 3.65. The number of pyridine rings is 1. The van der Waals surface area contributed by atoms with E-state index in [1.54, 1.807) is 0 Å². The lowest BCUT2D eigenvalue weighted by atomic mass is 9.90. The molecule has 0 aromatic carbocycles. The number of rotatable bonds is 4. The van der Waals surface area contributed by atoms with E-state index in [-0.39, 0.29) is 5.41 Å². The van der Waals surface area contributed by atoms with Gasteiger partial charge >= 0.3 is 0 Å². The highest BCUT2D eigenvalue weighted by molar-refractivity contribution is 5.44. The van der Waals surface area contributed by atoms with Crippen LogP contribution in [-0.4, -0.2) is 24.6 Å². The van der Waals surface area contributed by atoms with E-state index in [4.69, 9.17) is 4.98 Å². The highest BCUT2D eigenvalue weighted by Gasteiger charge is 2.20. The number of hydrogen-bond donors (Lipinski definition) is 1. The van der Waals surface area contributed by atoms with E-state index < -0.39 is 0 Å². The van der Waals surface area contributed by atoms with Crippen LogP contribution < -0.4 is 10.2 Å². The predicted molar refractivity (Wildman–Crippen MR) is 81.8 cm³/mol. The van der Waals surface area contributed by atoms with Crippen molar-refractivity contribution in [3.05, 3.63) is 23.4 Å². The van der Waals surface area contributed by atoms with Gasteiger partial charge in [-0.1, -0.05) is 27.7 Å². The quantitative estimate of drug-likeness (QED) is 0.902. The average molecular weight is 261 g/mol. The molecule has 1 saturated heterocycles. The molecular formula is C16H27N3. The first-order valence-corrected chi connectivity index (χ1v) is 7.48. The van der Waals surface area contributed by atoms with Gasteiger partial charge in [0.2, 0.25) is 0 Å². The van der Waals surface area contributed by atoms with Gasteiger partial charge in [-0.2, -0.15) is 0 Å². The van der Waals surface area contributed by atoms with Gasteiger partial charge in [-0.05, 0) is 37.1 Å². The second-order valence-electron chi connectivity index (χ2n) is 6.44.